The molecule has 0 aromatic heterocycles. The summed E-state index contributed by atoms with van der Waals surface area (Å²) in [5.41, 5.74) is -1.79. The van der Waals surface area contributed by atoms with Gasteiger partial charge in [0.25, 0.3) is 5.69 Å². The molecule has 0 fully saturated rings. The standard InChI is InChI=1S/C11H13F3N2O3/c1-2-8(6-17)15-9-4-3-7(11(12,13)14)5-10(9)16(18)19/h3-5,8,15,17H,2,6H2,1H3/t8-/m0/s1. The number of anilines is 1. The first-order valence-electron chi connectivity index (χ1n) is 5.52. The van der Waals surface area contributed by atoms with Crippen molar-refractivity contribution in [1.82, 2.24) is 0 Å². The maximum atomic E-state index is 12.5. The van der Waals surface area contributed by atoms with Gasteiger partial charge in [0.2, 0.25) is 0 Å². The molecule has 19 heavy (non-hydrogen) atoms. The second kappa shape index (κ2) is 5.87. The fourth-order valence-electron chi connectivity index (χ4n) is 1.48. The van der Waals surface area contributed by atoms with Crippen LogP contribution in [0.5, 0.6) is 0 Å². The summed E-state index contributed by atoms with van der Waals surface area (Å²) in [5.74, 6) is 0. The van der Waals surface area contributed by atoms with E-state index >= 15 is 0 Å². The minimum absolute atomic E-state index is 0.0427. The van der Waals surface area contributed by atoms with Crippen molar-refractivity contribution < 1.29 is 23.2 Å². The fourth-order valence-corrected chi connectivity index (χ4v) is 1.48. The van der Waals surface area contributed by atoms with Gasteiger partial charge < -0.3 is 10.4 Å². The van der Waals surface area contributed by atoms with Crippen LogP contribution >= 0.6 is 0 Å². The van der Waals surface area contributed by atoms with Crippen molar-refractivity contribution in [3.05, 3.63) is 33.9 Å². The molecular formula is C11H13F3N2O3. The van der Waals surface area contributed by atoms with Crippen LogP contribution in [0.25, 0.3) is 0 Å². The monoisotopic (exact) mass is 278 g/mol. The predicted octanol–water partition coefficient (Wildman–Crippen LogP) is 2.80. The summed E-state index contributed by atoms with van der Waals surface area (Å²) >= 11 is 0. The van der Waals surface area contributed by atoms with Crippen molar-refractivity contribution >= 4 is 11.4 Å². The number of aliphatic hydroxyl groups excluding tert-OH is 1. The Morgan fingerprint density at radius 3 is 2.53 bits per heavy atom. The Balaban J connectivity index is 3.15. The summed E-state index contributed by atoms with van der Waals surface area (Å²) in [6.45, 7) is 1.47. The second-order valence-electron chi connectivity index (χ2n) is 3.92. The predicted molar refractivity (Wildman–Crippen MR) is 62.9 cm³/mol. The highest BCUT2D eigenvalue weighted by Crippen LogP contribution is 2.35. The van der Waals surface area contributed by atoms with Gasteiger partial charge in [0.05, 0.1) is 17.1 Å². The number of hydrogen-bond acceptors (Lipinski definition) is 4. The van der Waals surface area contributed by atoms with E-state index in [4.69, 9.17) is 5.11 Å². The number of nitro groups is 1. The molecule has 2 N–H and O–H groups in total. The van der Waals surface area contributed by atoms with E-state index in [2.05, 4.69) is 5.32 Å². The molecule has 0 saturated carbocycles. The van der Waals surface area contributed by atoms with Crippen molar-refractivity contribution in [2.75, 3.05) is 11.9 Å². The van der Waals surface area contributed by atoms with Crippen molar-refractivity contribution in [3.63, 3.8) is 0 Å². The highest BCUT2D eigenvalue weighted by Gasteiger charge is 2.33. The Morgan fingerprint density at radius 1 is 1.47 bits per heavy atom. The van der Waals surface area contributed by atoms with Crippen LogP contribution in [0.15, 0.2) is 18.2 Å². The van der Waals surface area contributed by atoms with Crippen molar-refractivity contribution in [2.24, 2.45) is 0 Å². The zero-order valence-corrected chi connectivity index (χ0v) is 10.1. The molecule has 1 aromatic rings. The van der Waals surface area contributed by atoms with Crippen molar-refractivity contribution in [1.29, 1.82) is 0 Å². The van der Waals surface area contributed by atoms with Gasteiger partial charge in [0.15, 0.2) is 0 Å². The third-order valence-corrected chi connectivity index (χ3v) is 2.59. The van der Waals surface area contributed by atoms with E-state index in [-0.39, 0.29) is 12.3 Å². The Kier molecular flexibility index (Phi) is 4.71. The molecule has 0 saturated heterocycles. The Bertz CT molecular complexity index is 459. The number of nitrogens with one attached hydrogen (secondary N) is 1. The number of rotatable bonds is 5. The van der Waals surface area contributed by atoms with Gasteiger partial charge in [0, 0.05) is 12.1 Å². The minimum atomic E-state index is -4.63. The first-order valence-corrected chi connectivity index (χ1v) is 5.52. The lowest BCUT2D eigenvalue weighted by atomic mass is 10.1. The summed E-state index contributed by atoms with van der Waals surface area (Å²) in [7, 11) is 0. The minimum Gasteiger partial charge on any atom is -0.394 e. The van der Waals surface area contributed by atoms with Gasteiger partial charge in [-0.3, -0.25) is 10.1 Å². The van der Waals surface area contributed by atoms with Crippen LogP contribution in [-0.2, 0) is 6.18 Å². The third kappa shape index (κ3) is 3.82. The number of hydrogen-bond donors (Lipinski definition) is 2. The lowest BCUT2D eigenvalue weighted by Gasteiger charge is -2.16. The van der Waals surface area contributed by atoms with Gasteiger partial charge in [-0.1, -0.05) is 6.92 Å². The molecule has 0 amide bonds. The zero-order valence-electron chi connectivity index (χ0n) is 10.1. The Labute approximate surface area is 107 Å². The first kappa shape index (κ1) is 15.2. The van der Waals surface area contributed by atoms with E-state index in [0.717, 1.165) is 12.1 Å². The molecule has 0 spiro atoms. The molecule has 8 heteroatoms. The third-order valence-electron chi connectivity index (χ3n) is 2.59. The summed E-state index contributed by atoms with van der Waals surface area (Å²) in [6, 6.07) is 1.79. The number of nitro benzene ring substituents is 1. The van der Waals surface area contributed by atoms with Gasteiger partial charge in [-0.15, -0.1) is 0 Å². The smallest absolute Gasteiger partial charge is 0.394 e. The molecule has 0 aliphatic rings. The molecule has 5 nitrogen and oxygen atoms in total. The lowest BCUT2D eigenvalue weighted by molar-refractivity contribution is -0.384. The molecule has 0 heterocycles. The van der Waals surface area contributed by atoms with E-state index in [0.29, 0.717) is 12.5 Å². The molecule has 0 aliphatic heterocycles. The van der Waals surface area contributed by atoms with E-state index in [1.807, 2.05) is 0 Å². The van der Waals surface area contributed by atoms with Crippen LogP contribution < -0.4 is 5.32 Å². The normalized spacial score (nSPS) is 13.1. The maximum absolute atomic E-state index is 12.5. The van der Waals surface area contributed by atoms with Gasteiger partial charge in [0.1, 0.15) is 5.69 Å². The van der Waals surface area contributed by atoms with Crippen LogP contribution in [0.4, 0.5) is 24.5 Å². The first-order chi connectivity index (χ1) is 8.79. The SMILES string of the molecule is CC[C@@H](CO)Nc1ccc(C(F)(F)F)cc1[N+](=O)[O-]. The van der Waals surface area contributed by atoms with Gasteiger partial charge >= 0.3 is 6.18 Å². The summed E-state index contributed by atoms with van der Waals surface area (Å²) in [4.78, 5) is 9.91. The topological polar surface area (TPSA) is 75.4 Å². The number of aliphatic hydroxyl groups is 1. The molecular weight excluding hydrogens is 265 g/mol. The quantitative estimate of drug-likeness (QED) is 0.641. The summed E-state index contributed by atoms with van der Waals surface area (Å²) in [6.07, 6.45) is -4.15. The molecule has 1 rings (SSSR count). The largest absolute Gasteiger partial charge is 0.416 e. The van der Waals surface area contributed by atoms with Crippen LogP contribution in [-0.4, -0.2) is 22.7 Å². The maximum Gasteiger partial charge on any atom is 0.416 e. The van der Waals surface area contributed by atoms with Crippen molar-refractivity contribution in [2.45, 2.75) is 25.6 Å². The number of alkyl halides is 3. The van der Waals surface area contributed by atoms with E-state index in [1.54, 1.807) is 6.92 Å². The average Bonchev–Trinajstić information content (AvgIpc) is 2.34. The average molecular weight is 278 g/mol. The van der Waals surface area contributed by atoms with Crippen LogP contribution in [0.2, 0.25) is 0 Å². The highest BCUT2D eigenvalue weighted by molar-refractivity contribution is 5.63. The van der Waals surface area contributed by atoms with Crippen molar-refractivity contribution in [3.8, 4) is 0 Å². The number of halogens is 3. The van der Waals surface area contributed by atoms with Gasteiger partial charge in [-0.05, 0) is 18.6 Å². The van der Waals surface area contributed by atoms with Gasteiger partial charge in [-0.2, -0.15) is 13.2 Å². The summed E-state index contributed by atoms with van der Waals surface area (Å²) in [5, 5.41) is 22.4. The molecule has 1 atom stereocenters. The Morgan fingerprint density at radius 2 is 2.11 bits per heavy atom. The molecule has 0 unspecified atom stereocenters. The van der Waals surface area contributed by atoms with Crippen LogP contribution in [0.1, 0.15) is 18.9 Å². The van der Waals surface area contributed by atoms with E-state index in [9.17, 15) is 23.3 Å². The zero-order chi connectivity index (χ0) is 14.6. The lowest BCUT2D eigenvalue weighted by Crippen LogP contribution is -2.23. The molecule has 1 aromatic carbocycles. The highest BCUT2D eigenvalue weighted by atomic mass is 19.4. The molecule has 0 aliphatic carbocycles. The number of nitrogens with zero attached hydrogens (tertiary/aromatic N) is 1. The second-order valence-corrected chi connectivity index (χ2v) is 3.92. The van der Waals surface area contributed by atoms with Crippen LogP contribution in [0, 0.1) is 10.1 Å². The van der Waals surface area contributed by atoms with Crippen LogP contribution in [0.3, 0.4) is 0 Å². The number of benzene rings is 1. The molecule has 0 bridgehead atoms. The molecule has 0 radical (unpaired) electrons. The summed E-state index contributed by atoms with van der Waals surface area (Å²) < 4.78 is 37.4. The van der Waals surface area contributed by atoms with E-state index < -0.39 is 28.4 Å². The molecule has 106 valence electrons. The van der Waals surface area contributed by atoms with Gasteiger partial charge in [-0.25, -0.2) is 0 Å². The Hall–Kier alpha value is -1.83. The fraction of sp³-hybridized carbons (Fsp3) is 0.455. The van der Waals surface area contributed by atoms with E-state index in [1.165, 1.54) is 0 Å².